The Kier molecular flexibility index (Phi) is 3.70. The lowest BCUT2D eigenvalue weighted by Gasteiger charge is -2.23. The molecule has 2 aromatic carbocycles. The van der Waals surface area contributed by atoms with Gasteiger partial charge in [0, 0.05) is 30.9 Å². The average Bonchev–Trinajstić information content (AvgIpc) is 2.70. The molecule has 2 aromatic rings. The fourth-order valence-corrected chi connectivity index (χ4v) is 2.82. The minimum absolute atomic E-state index is 0.202. The van der Waals surface area contributed by atoms with Gasteiger partial charge < -0.3 is 10.6 Å². The van der Waals surface area contributed by atoms with Crippen LogP contribution in [0.3, 0.4) is 0 Å². The van der Waals surface area contributed by atoms with Gasteiger partial charge in [0.2, 0.25) is 0 Å². The normalized spacial score (nSPS) is 14.8. The fraction of sp³-hybridized carbons (Fsp3) is 0.294. The predicted octanol–water partition coefficient (Wildman–Crippen LogP) is 2.89. The van der Waals surface area contributed by atoms with Crippen molar-refractivity contribution in [1.29, 1.82) is 0 Å². The quantitative estimate of drug-likeness (QED) is 0.909. The van der Waals surface area contributed by atoms with Crippen molar-refractivity contribution in [2.24, 2.45) is 5.73 Å². The molecule has 3 heteroatoms. The third-order valence-electron chi connectivity index (χ3n) is 4.04. The van der Waals surface area contributed by atoms with E-state index in [1.54, 1.807) is 12.1 Å². The molecule has 0 amide bonds. The van der Waals surface area contributed by atoms with E-state index in [9.17, 15) is 4.39 Å². The molecule has 0 unspecified atom stereocenters. The third-order valence-corrected chi connectivity index (χ3v) is 4.04. The summed E-state index contributed by atoms with van der Waals surface area (Å²) in [6, 6.07) is 13.9. The topological polar surface area (TPSA) is 29.3 Å². The Bertz CT molecular complexity index is 583. The second kappa shape index (κ2) is 5.63. The van der Waals surface area contributed by atoms with Crippen molar-refractivity contribution < 1.29 is 4.39 Å². The van der Waals surface area contributed by atoms with Gasteiger partial charge in [-0.3, -0.25) is 0 Å². The number of hydrogen-bond donors (Lipinski definition) is 1. The summed E-state index contributed by atoms with van der Waals surface area (Å²) >= 11 is 0. The molecule has 1 aliphatic heterocycles. The molecule has 0 atom stereocenters. The van der Waals surface area contributed by atoms with E-state index in [0.717, 1.165) is 31.6 Å². The number of benzene rings is 2. The van der Waals surface area contributed by atoms with E-state index in [4.69, 9.17) is 5.73 Å². The molecular weight excluding hydrogens is 251 g/mol. The third kappa shape index (κ3) is 2.54. The molecule has 0 bridgehead atoms. The molecule has 20 heavy (non-hydrogen) atoms. The molecule has 0 saturated carbocycles. The van der Waals surface area contributed by atoms with Crippen LogP contribution in [0.25, 0.3) is 0 Å². The van der Waals surface area contributed by atoms with Gasteiger partial charge in [-0.1, -0.05) is 30.3 Å². The number of anilines is 1. The lowest BCUT2D eigenvalue weighted by atomic mass is 10.0. The first-order valence-electron chi connectivity index (χ1n) is 7.08. The fourth-order valence-electron chi connectivity index (χ4n) is 2.82. The van der Waals surface area contributed by atoms with Crippen molar-refractivity contribution in [3.8, 4) is 0 Å². The zero-order valence-corrected chi connectivity index (χ0v) is 11.5. The van der Waals surface area contributed by atoms with E-state index >= 15 is 0 Å². The molecule has 2 N–H and O–H groups in total. The van der Waals surface area contributed by atoms with Crippen LogP contribution in [0.2, 0.25) is 0 Å². The predicted molar refractivity (Wildman–Crippen MR) is 80.4 cm³/mol. The molecule has 0 aromatic heterocycles. The van der Waals surface area contributed by atoms with Crippen molar-refractivity contribution in [1.82, 2.24) is 0 Å². The highest BCUT2D eigenvalue weighted by molar-refractivity contribution is 5.49. The number of nitrogens with two attached hydrogens (primary N) is 1. The summed E-state index contributed by atoms with van der Waals surface area (Å²) in [4.78, 5) is 2.25. The zero-order chi connectivity index (χ0) is 13.9. The summed E-state index contributed by atoms with van der Waals surface area (Å²) in [5, 5.41) is 0. The standard InChI is InChI=1S/C17H19FN2/c18-17-11-16(6-5-15(17)12-19)20-9-7-13-3-1-2-4-14(13)8-10-20/h1-6,11H,7-10,12,19H2. The van der Waals surface area contributed by atoms with E-state index in [2.05, 4.69) is 29.2 Å². The summed E-state index contributed by atoms with van der Waals surface area (Å²) in [6.45, 7) is 2.11. The molecule has 0 saturated heterocycles. The lowest BCUT2D eigenvalue weighted by molar-refractivity contribution is 0.609. The maximum Gasteiger partial charge on any atom is 0.129 e. The Labute approximate surface area is 119 Å². The number of halogens is 1. The molecule has 1 heterocycles. The van der Waals surface area contributed by atoms with Crippen molar-refractivity contribution in [2.75, 3.05) is 18.0 Å². The van der Waals surface area contributed by atoms with Gasteiger partial charge in [0.25, 0.3) is 0 Å². The highest BCUT2D eigenvalue weighted by Gasteiger charge is 2.15. The van der Waals surface area contributed by atoms with Crippen LogP contribution in [-0.2, 0) is 19.4 Å². The van der Waals surface area contributed by atoms with E-state index in [1.165, 1.54) is 11.1 Å². The Balaban J connectivity index is 1.81. The number of nitrogens with zero attached hydrogens (tertiary/aromatic N) is 1. The van der Waals surface area contributed by atoms with Gasteiger partial charge in [0.05, 0.1) is 0 Å². The molecule has 104 valence electrons. The molecular formula is C17H19FN2. The number of hydrogen-bond acceptors (Lipinski definition) is 2. The van der Waals surface area contributed by atoms with Crippen molar-refractivity contribution in [2.45, 2.75) is 19.4 Å². The first-order valence-corrected chi connectivity index (χ1v) is 7.08. The summed E-state index contributed by atoms with van der Waals surface area (Å²) in [5.74, 6) is -0.202. The summed E-state index contributed by atoms with van der Waals surface area (Å²) in [7, 11) is 0. The molecule has 0 radical (unpaired) electrons. The first-order chi connectivity index (χ1) is 9.78. The van der Waals surface area contributed by atoms with Crippen LogP contribution < -0.4 is 10.6 Å². The summed E-state index contributed by atoms with van der Waals surface area (Å²) in [6.07, 6.45) is 2.02. The SMILES string of the molecule is NCc1ccc(N2CCc3ccccc3CC2)cc1F. The summed E-state index contributed by atoms with van der Waals surface area (Å²) < 4.78 is 13.9. The number of rotatable bonds is 2. The molecule has 0 fully saturated rings. The second-order valence-corrected chi connectivity index (χ2v) is 5.24. The lowest BCUT2D eigenvalue weighted by Crippen LogP contribution is -2.26. The van der Waals surface area contributed by atoms with Crippen LogP contribution in [0.5, 0.6) is 0 Å². The zero-order valence-electron chi connectivity index (χ0n) is 11.5. The molecule has 3 rings (SSSR count). The Morgan fingerprint density at radius 1 is 1.00 bits per heavy atom. The number of fused-ring (bicyclic) bond motifs is 1. The van der Waals surface area contributed by atoms with Crippen LogP contribution in [0.1, 0.15) is 16.7 Å². The van der Waals surface area contributed by atoms with Crippen LogP contribution in [0.15, 0.2) is 42.5 Å². The van der Waals surface area contributed by atoms with E-state index in [1.807, 2.05) is 6.07 Å². The van der Waals surface area contributed by atoms with Gasteiger partial charge in [-0.2, -0.15) is 0 Å². The van der Waals surface area contributed by atoms with Crippen LogP contribution in [-0.4, -0.2) is 13.1 Å². The van der Waals surface area contributed by atoms with Crippen molar-refractivity contribution in [3.63, 3.8) is 0 Å². The maximum absolute atomic E-state index is 13.9. The largest absolute Gasteiger partial charge is 0.371 e. The van der Waals surface area contributed by atoms with Gasteiger partial charge in [-0.15, -0.1) is 0 Å². The van der Waals surface area contributed by atoms with Gasteiger partial charge in [-0.25, -0.2) is 4.39 Å². The summed E-state index contributed by atoms with van der Waals surface area (Å²) in [5.41, 5.74) is 9.86. The smallest absolute Gasteiger partial charge is 0.129 e. The van der Waals surface area contributed by atoms with Crippen LogP contribution in [0.4, 0.5) is 10.1 Å². The Morgan fingerprint density at radius 3 is 2.20 bits per heavy atom. The molecule has 0 aliphatic carbocycles. The Hall–Kier alpha value is -1.87. The highest BCUT2D eigenvalue weighted by Crippen LogP contribution is 2.23. The van der Waals surface area contributed by atoms with Gasteiger partial charge in [0.1, 0.15) is 5.82 Å². The van der Waals surface area contributed by atoms with Gasteiger partial charge in [0.15, 0.2) is 0 Å². The maximum atomic E-state index is 13.9. The average molecular weight is 270 g/mol. The highest BCUT2D eigenvalue weighted by atomic mass is 19.1. The van der Waals surface area contributed by atoms with Crippen LogP contribution in [0, 0.1) is 5.82 Å². The molecule has 2 nitrogen and oxygen atoms in total. The van der Waals surface area contributed by atoms with E-state index in [0.29, 0.717) is 5.56 Å². The monoisotopic (exact) mass is 270 g/mol. The minimum atomic E-state index is -0.202. The van der Waals surface area contributed by atoms with Crippen LogP contribution >= 0.6 is 0 Å². The van der Waals surface area contributed by atoms with E-state index in [-0.39, 0.29) is 12.4 Å². The van der Waals surface area contributed by atoms with Crippen molar-refractivity contribution >= 4 is 5.69 Å². The van der Waals surface area contributed by atoms with Gasteiger partial charge in [-0.05, 0) is 36.1 Å². The minimum Gasteiger partial charge on any atom is -0.371 e. The molecule has 1 aliphatic rings. The van der Waals surface area contributed by atoms with E-state index < -0.39 is 0 Å². The van der Waals surface area contributed by atoms with Crippen molar-refractivity contribution in [3.05, 3.63) is 65.0 Å². The Morgan fingerprint density at radius 2 is 1.65 bits per heavy atom. The second-order valence-electron chi connectivity index (χ2n) is 5.24. The first kappa shape index (κ1) is 13.1. The molecule has 0 spiro atoms. The van der Waals surface area contributed by atoms with Gasteiger partial charge >= 0.3 is 0 Å².